The third kappa shape index (κ3) is 5.28. The van der Waals surface area contributed by atoms with Crippen LogP contribution in [0.2, 0.25) is 0 Å². The number of hydrogen-bond acceptors (Lipinski definition) is 3. The molecule has 16 heavy (non-hydrogen) atoms. The van der Waals surface area contributed by atoms with Gasteiger partial charge in [-0.25, -0.2) is 0 Å². The van der Waals surface area contributed by atoms with E-state index in [9.17, 15) is 5.11 Å². The molecule has 0 aliphatic heterocycles. The summed E-state index contributed by atoms with van der Waals surface area (Å²) < 4.78 is 0. The van der Waals surface area contributed by atoms with E-state index in [1.807, 2.05) is 6.92 Å². The molecule has 3 atom stereocenters. The predicted octanol–water partition coefficient (Wildman–Crippen LogP) is 1.84. The molecule has 0 bridgehead atoms. The van der Waals surface area contributed by atoms with Crippen molar-refractivity contribution in [2.24, 2.45) is 11.1 Å². The average molecular weight is 230 g/mol. The lowest BCUT2D eigenvalue weighted by atomic mass is 9.80. The smallest absolute Gasteiger partial charge is 0.0524 e. The molecule has 0 aromatic carbocycles. The molecule has 0 fully saturated rings. The fourth-order valence-electron chi connectivity index (χ4n) is 2.38. The Morgan fingerprint density at radius 1 is 1.31 bits per heavy atom. The van der Waals surface area contributed by atoms with Gasteiger partial charge in [-0.3, -0.25) is 0 Å². The van der Waals surface area contributed by atoms with E-state index < -0.39 is 0 Å². The van der Waals surface area contributed by atoms with Crippen molar-refractivity contribution >= 4 is 0 Å². The van der Waals surface area contributed by atoms with E-state index in [1.54, 1.807) is 0 Å². The molecular weight excluding hydrogens is 200 g/mol. The predicted molar refractivity (Wildman–Crippen MR) is 70.4 cm³/mol. The second-order valence-electron chi connectivity index (χ2n) is 6.00. The van der Waals surface area contributed by atoms with Crippen LogP contribution in [0.1, 0.15) is 47.5 Å². The molecule has 0 aliphatic carbocycles. The topological polar surface area (TPSA) is 49.5 Å². The van der Waals surface area contributed by atoms with Crippen molar-refractivity contribution in [2.75, 3.05) is 13.6 Å². The Balaban J connectivity index is 4.51. The maximum Gasteiger partial charge on any atom is 0.0524 e. The highest BCUT2D eigenvalue weighted by atomic mass is 16.3. The molecule has 3 nitrogen and oxygen atoms in total. The molecule has 3 unspecified atom stereocenters. The van der Waals surface area contributed by atoms with E-state index >= 15 is 0 Å². The maximum absolute atomic E-state index is 9.32. The third-order valence-electron chi connectivity index (χ3n) is 3.14. The Bertz CT molecular complexity index is 187. The fourth-order valence-corrected chi connectivity index (χ4v) is 2.38. The number of rotatable bonds is 6. The second kappa shape index (κ2) is 6.58. The first-order valence-electron chi connectivity index (χ1n) is 6.34. The highest BCUT2D eigenvalue weighted by Crippen LogP contribution is 2.26. The molecule has 0 radical (unpaired) electrons. The Kier molecular flexibility index (Phi) is 6.53. The molecule has 0 spiro atoms. The molecule has 0 heterocycles. The van der Waals surface area contributed by atoms with Gasteiger partial charge in [-0.1, -0.05) is 27.7 Å². The van der Waals surface area contributed by atoms with Gasteiger partial charge >= 0.3 is 0 Å². The zero-order valence-electron chi connectivity index (χ0n) is 11.8. The van der Waals surface area contributed by atoms with Crippen LogP contribution < -0.4 is 5.73 Å². The zero-order chi connectivity index (χ0) is 12.9. The number of aliphatic hydroxyl groups is 1. The molecule has 3 heteroatoms. The van der Waals surface area contributed by atoms with Crippen LogP contribution in [-0.2, 0) is 0 Å². The number of aliphatic hydroxyl groups excluding tert-OH is 1. The summed E-state index contributed by atoms with van der Waals surface area (Å²) in [5, 5.41) is 9.32. The quantitative estimate of drug-likeness (QED) is 0.732. The van der Waals surface area contributed by atoms with Crippen molar-refractivity contribution in [3.63, 3.8) is 0 Å². The third-order valence-corrected chi connectivity index (χ3v) is 3.14. The highest BCUT2D eigenvalue weighted by molar-refractivity contribution is 4.89. The van der Waals surface area contributed by atoms with Gasteiger partial charge in [0.25, 0.3) is 0 Å². The van der Waals surface area contributed by atoms with Gasteiger partial charge in [0.2, 0.25) is 0 Å². The molecule has 3 N–H and O–H groups in total. The lowest BCUT2D eigenvalue weighted by Gasteiger charge is -2.41. The Labute approximate surface area is 101 Å². The van der Waals surface area contributed by atoms with Gasteiger partial charge < -0.3 is 15.7 Å². The molecule has 0 saturated heterocycles. The molecule has 0 aliphatic rings. The lowest BCUT2D eigenvalue weighted by molar-refractivity contribution is 0.0815. The number of nitrogens with two attached hydrogens (primary N) is 1. The van der Waals surface area contributed by atoms with Crippen LogP contribution in [0.5, 0.6) is 0 Å². The van der Waals surface area contributed by atoms with Crippen molar-refractivity contribution < 1.29 is 5.11 Å². The fraction of sp³-hybridized carbons (Fsp3) is 1.00. The highest BCUT2D eigenvalue weighted by Gasteiger charge is 2.32. The van der Waals surface area contributed by atoms with Gasteiger partial charge in [-0.2, -0.15) is 0 Å². The maximum atomic E-state index is 9.32. The van der Waals surface area contributed by atoms with Crippen molar-refractivity contribution in [1.82, 2.24) is 4.90 Å². The Morgan fingerprint density at radius 2 is 1.81 bits per heavy atom. The summed E-state index contributed by atoms with van der Waals surface area (Å²) in [6, 6.07) is 0.551. The second-order valence-corrected chi connectivity index (χ2v) is 6.00. The van der Waals surface area contributed by atoms with Gasteiger partial charge in [0.15, 0.2) is 0 Å². The van der Waals surface area contributed by atoms with Gasteiger partial charge in [0.1, 0.15) is 0 Å². The summed E-state index contributed by atoms with van der Waals surface area (Å²) in [6.07, 6.45) is 1.56. The zero-order valence-corrected chi connectivity index (χ0v) is 11.8. The molecule has 0 amide bonds. The number of hydrogen-bond donors (Lipinski definition) is 2. The summed E-state index contributed by atoms with van der Waals surface area (Å²) in [7, 11) is 2.10. The van der Waals surface area contributed by atoms with E-state index in [4.69, 9.17) is 5.73 Å². The van der Waals surface area contributed by atoms with Gasteiger partial charge in [-0.15, -0.1) is 0 Å². The molecule has 0 aromatic heterocycles. The minimum atomic E-state index is -0.235. The molecule has 0 rings (SSSR count). The molecule has 0 aromatic rings. The minimum Gasteiger partial charge on any atom is -0.393 e. The molecular formula is C13H30N2O. The van der Waals surface area contributed by atoms with Crippen LogP contribution in [0.15, 0.2) is 0 Å². The van der Waals surface area contributed by atoms with Crippen LogP contribution in [0.4, 0.5) is 0 Å². The first-order chi connectivity index (χ1) is 7.20. The first-order valence-corrected chi connectivity index (χ1v) is 6.34. The van der Waals surface area contributed by atoms with Gasteiger partial charge in [0.05, 0.1) is 6.10 Å². The summed E-state index contributed by atoms with van der Waals surface area (Å²) in [5.74, 6) is 0. The first kappa shape index (κ1) is 15.9. The van der Waals surface area contributed by atoms with Crippen molar-refractivity contribution in [1.29, 1.82) is 0 Å². The van der Waals surface area contributed by atoms with Crippen LogP contribution in [0, 0.1) is 5.41 Å². The van der Waals surface area contributed by atoms with Crippen LogP contribution >= 0.6 is 0 Å². The molecule has 0 saturated carbocycles. The van der Waals surface area contributed by atoms with Gasteiger partial charge in [0, 0.05) is 18.6 Å². The van der Waals surface area contributed by atoms with Crippen molar-refractivity contribution in [2.45, 2.75) is 65.6 Å². The Morgan fingerprint density at radius 3 is 2.12 bits per heavy atom. The minimum absolute atomic E-state index is 0.170. The summed E-state index contributed by atoms with van der Waals surface area (Å²) in [4.78, 5) is 2.29. The number of nitrogens with zero attached hydrogens (tertiary/aromatic N) is 1. The number of likely N-dealkylation sites (N-methyl/N-ethyl adjacent to an activating group) is 1. The van der Waals surface area contributed by atoms with Crippen molar-refractivity contribution in [3.8, 4) is 0 Å². The largest absolute Gasteiger partial charge is 0.393 e. The Hall–Kier alpha value is -0.120. The van der Waals surface area contributed by atoms with E-state index in [0.29, 0.717) is 6.04 Å². The normalized spacial score (nSPS) is 18.6. The van der Waals surface area contributed by atoms with Crippen molar-refractivity contribution in [3.05, 3.63) is 0 Å². The van der Waals surface area contributed by atoms with Crippen LogP contribution in [0.3, 0.4) is 0 Å². The standard InChI is InChI=1S/C13H30N2O/c1-7-11(14)12(13(3,4)5)15(6)9-8-10(2)16/h10-12,16H,7-9,14H2,1-6H3. The van der Waals surface area contributed by atoms with Crippen LogP contribution in [-0.4, -0.2) is 41.8 Å². The van der Waals surface area contributed by atoms with E-state index in [1.165, 1.54) is 0 Å². The monoisotopic (exact) mass is 230 g/mol. The summed E-state index contributed by atoms with van der Waals surface area (Å²) in [5.41, 5.74) is 6.38. The summed E-state index contributed by atoms with van der Waals surface area (Å²) in [6.45, 7) is 11.5. The van der Waals surface area contributed by atoms with E-state index in [0.717, 1.165) is 19.4 Å². The average Bonchev–Trinajstić information content (AvgIpc) is 2.12. The summed E-state index contributed by atoms with van der Waals surface area (Å²) >= 11 is 0. The lowest BCUT2D eigenvalue weighted by Crippen LogP contribution is -2.53. The van der Waals surface area contributed by atoms with E-state index in [-0.39, 0.29) is 17.6 Å². The molecule has 98 valence electrons. The SMILES string of the molecule is CCC(N)C(N(C)CCC(C)O)C(C)(C)C. The van der Waals surface area contributed by atoms with Gasteiger partial charge in [-0.05, 0) is 32.2 Å². The van der Waals surface area contributed by atoms with E-state index in [2.05, 4.69) is 39.6 Å². The van der Waals surface area contributed by atoms with Crippen LogP contribution in [0.25, 0.3) is 0 Å².